The fourth-order valence-electron chi connectivity index (χ4n) is 2.75. The van der Waals surface area contributed by atoms with Crippen molar-refractivity contribution < 1.29 is 19.1 Å². The molecule has 1 aliphatic heterocycles. The molecule has 0 aliphatic carbocycles. The van der Waals surface area contributed by atoms with Crippen LogP contribution in [0.1, 0.15) is 33.3 Å². The van der Waals surface area contributed by atoms with E-state index in [1.807, 2.05) is 58.9 Å². The highest BCUT2D eigenvalue weighted by atomic mass is 16.6. The topological polar surface area (TPSA) is 59.1 Å². The first-order chi connectivity index (χ1) is 11.7. The lowest BCUT2D eigenvalue weighted by molar-refractivity contribution is -0.137. The Morgan fingerprint density at radius 3 is 2.56 bits per heavy atom. The lowest BCUT2D eigenvalue weighted by Gasteiger charge is -2.40. The van der Waals surface area contributed by atoms with Gasteiger partial charge in [0.2, 0.25) is 0 Å². The normalized spacial score (nSPS) is 18.0. The second kappa shape index (κ2) is 7.76. The number of aryl methyl sites for hydroxylation is 1. The van der Waals surface area contributed by atoms with Crippen LogP contribution in [0.25, 0.3) is 0 Å². The van der Waals surface area contributed by atoms with Crippen molar-refractivity contribution in [3.05, 3.63) is 29.8 Å². The number of hydrogen-bond donors (Lipinski definition) is 0. The zero-order valence-electron chi connectivity index (χ0n) is 15.7. The van der Waals surface area contributed by atoms with Crippen molar-refractivity contribution in [2.75, 3.05) is 26.2 Å². The van der Waals surface area contributed by atoms with E-state index in [4.69, 9.17) is 9.47 Å². The molecule has 1 heterocycles. The number of piperazine rings is 1. The van der Waals surface area contributed by atoms with Crippen LogP contribution in [0.4, 0.5) is 4.79 Å². The van der Waals surface area contributed by atoms with Gasteiger partial charge in [0.25, 0.3) is 5.91 Å². The van der Waals surface area contributed by atoms with Crippen LogP contribution in [-0.4, -0.2) is 59.7 Å². The van der Waals surface area contributed by atoms with E-state index in [9.17, 15) is 9.59 Å². The molecule has 1 aliphatic rings. The minimum Gasteiger partial charge on any atom is -0.484 e. The molecule has 1 aromatic rings. The zero-order valence-corrected chi connectivity index (χ0v) is 15.7. The molecular weight excluding hydrogens is 320 g/mol. The fourth-order valence-corrected chi connectivity index (χ4v) is 2.75. The van der Waals surface area contributed by atoms with Gasteiger partial charge < -0.3 is 19.3 Å². The summed E-state index contributed by atoms with van der Waals surface area (Å²) in [5, 5.41) is 0. The number of ether oxygens (including phenoxy) is 2. The summed E-state index contributed by atoms with van der Waals surface area (Å²) in [5.74, 6) is 0.617. The first-order valence-electron chi connectivity index (χ1n) is 8.62. The molecule has 0 aromatic heterocycles. The van der Waals surface area contributed by atoms with Crippen molar-refractivity contribution in [2.45, 2.75) is 46.3 Å². The quantitative estimate of drug-likeness (QED) is 0.843. The number of hydrogen-bond acceptors (Lipinski definition) is 4. The van der Waals surface area contributed by atoms with Gasteiger partial charge in [-0.1, -0.05) is 12.1 Å². The van der Waals surface area contributed by atoms with Gasteiger partial charge in [0.05, 0.1) is 0 Å². The number of rotatable bonds is 3. The summed E-state index contributed by atoms with van der Waals surface area (Å²) in [4.78, 5) is 28.0. The van der Waals surface area contributed by atoms with Crippen molar-refractivity contribution in [1.82, 2.24) is 9.80 Å². The van der Waals surface area contributed by atoms with E-state index in [1.165, 1.54) is 0 Å². The van der Waals surface area contributed by atoms with Crippen LogP contribution >= 0.6 is 0 Å². The Bertz CT molecular complexity index is 624. The molecule has 1 unspecified atom stereocenters. The van der Waals surface area contributed by atoms with Gasteiger partial charge in [-0.25, -0.2) is 4.79 Å². The van der Waals surface area contributed by atoms with E-state index in [0.717, 1.165) is 5.56 Å². The first-order valence-corrected chi connectivity index (χ1v) is 8.62. The Balaban J connectivity index is 1.86. The van der Waals surface area contributed by atoms with Gasteiger partial charge in [-0.3, -0.25) is 4.79 Å². The van der Waals surface area contributed by atoms with Crippen LogP contribution in [0.3, 0.4) is 0 Å². The molecule has 1 saturated heterocycles. The Morgan fingerprint density at radius 2 is 1.96 bits per heavy atom. The molecule has 0 bridgehead atoms. The summed E-state index contributed by atoms with van der Waals surface area (Å²) in [7, 11) is 0. The number of carbonyl (C=O) groups is 2. The highest BCUT2D eigenvalue weighted by Gasteiger charge is 2.32. The van der Waals surface area contributed by atoms with E-state index in [0.29, 0.717) is 25.4 Å². The first kappa shape index (κ1) is 19.1. The predicted octanol–water partition coefficient (Wildman–Crippen LogP) is 2.84. The fraction of sp³-hybridized carbons (Fsp3) is 0.579. The molecule has 6 nitrogen and oxygen atoms in total. The van der Waals surface area contributed by atoms with Crippen LogP contribution < -0.4 is 4.74 Å². The van der Waals surface area contributed by atoms with Gasteiger partial charge in [0, 0.05) is 25.7 Å². The van der Waals surface area contributed by atoms with Crippen molar-refractivity contribution in [3.8, 4) is 5.75 Å². The van der Waals surface area contributed by atoms with Crippen molar-refractivity contribution >= 4 is 12.0 Å². The van der Waals surface area contributed by atoms with Crippen molar-refractivity contribution in [1.29, 1.82) is 0 Å². The lowest BCUT2D eigenvalue weighted by atomic mass is 10.2. The van der Waals surface area contributed by atoms with Gasteiger partial charge in [-0.2, -0.15) is 0 Å². The Morgan fingerprint density at radius 1 is 1.24 bits per heavy atom. The molecule has 0 saturated carbocycles. The van der Waals surface area contributed by atoms with Crippen LogP contribution in [0.5, 0.6) is 5.75 Å². The summed E-state index contributed by atoms with van der Waals surface area (Å²) in [5.41, 5.74) is 0.568. The Kier molecular flexibility index (Phi) is 5.93. The second-order valence-corrected chi connectivity index (χ2v) is 7.47. The molecule has 2 rings (SSSR count). The molecule has 0 radical (unpaired) electrons. The molecule has 1 aromatic carbocycles. The van der Waals surface area contributed by atoms with E-state index in [-0.39, 0.29) is 24.6 Å². The average Bonchev–Trinajstić information content (AvgIpc) is 2.51. The number of nitrogens with zero attached hydrogens (tertiary/aromatic N) is 2. The lowest BCUT2D eigenvalue weighted by Crippen LogP contribution is -2.56. The van der Waals surface area contributed by atoms with E-state index in [2.05, 4.69) is 0 Å². The predicted molar refractivity (Wildman–Crippen MR) is 95.7 cm³/mol. The smallest absolute Gasteiger partial charge is 0.410 e. The maximum atomic E-state index is 12.4. The third kappa shape index (κ3) is 5.66. The summed E-state index contributed by atoms with van der Waals surface area (Å²) in [6.07, 6.45) is -0.331. The largest absolute Gasteiger partial charge is 0.484 e. The Labute approximate surface area is 149 Å². The van der Waals surface area contributed by atoms with Gasteiger partial charge in [0.15, 0.2) is 6.61 Å². The Hall–Kier alpha value is -2.24. The molecule has 25 heavy (non-hydrogen) atoms. The number of carbonyl (C=O) groups excluding carboxylic acids is 2. The van der Waals surface area contributed by atoms with Gasteiger partial charge in [0.1, 0.15) is 11.4 Å². The minimum absolute atomic E-state index is 0.000229. The number of benzene rings is 1. The summed E-state index contributed by atoms with van der Waals surface area (Å²) in [6.45, 7) is 10.9. The van der Waals surface area contributed by atoms with Crippen molar-refractivity contribution in [2.24, 2.45) is 0 Å². The molecular formula is C19H28N2O4. The number of amides is 2. The molecule has 1 atom stereocenters. The highest BCUT2D eigenvalue weighted by molar-refractivity contribution is 5.78. The third-order valence-corrected chi connectivity index (χ3v) is 3.95. The van der Waals surface area contributed by atoms with Gasteiger partial charge in [-0.05, 0) is 52.3 Å². The standard InChI is InChI=1S/C19H28N2O4/c1-14-7-6-8-16(11-14)24-13-17(22)21-10-9-20(12-15(21)2)18(23)25-19(3,4)5/h6-8,11,15H,9-10,12-13H2,1-5H3. The van der Waals surface area contributed by atoms with Crippen LogP contribution in [0.15, 0.2) is 24.3 Å². The summed E-state index contributed by atoms with van der Waals surface area (Å²) >= 11 is 0. The van der Waals surface area contributed by atoms with E-state index >= 15 is 0 Å². The minimum atomic E-state index is -0.519. The maximum absolute atomic E-state index is 12.4. The highest BCUT2D eigenvalue weighted by Crippen LogP contribution is 2.16. The second-order valence-electron chi connectivity index (χ2n) is 7.47. The van der Waals surface area contributed by atoms with Crippen LogP contribution in [0, 0.1) is 6.92 Å². The van der Waals surface area contributed by atoms with Crippen molar-refractivity contribution in [3.63, 3.8) is 0 Å². The molecule has 138 valence electrons. The maximum Gasteiger partial charge on any atom is 0.410 e. The molecule has 1 fully saturated rings. The zero-order chi connectivity index (χ0) is 18.6. The SMILES string of the molecule is Cc1cccc(OCC(=O)N2CCN(C(=O)OC(C)(C)C)CC2C)c1. The van der Waals surface area contributed by atoms with E-state index in [1.54, 1.807) is 9.80 Å². The monoisotopic (exact) mass is 348 g/mol. The van der Waals surface area contributed by atoms with E-state index < -0.39 is 5.60 Å². The molecule has 0 N–H and O–H groups in total. The van der Waals surface area contributed by atoms with Gasteiger partial charge >= 0.3 is 6.09 Å². The summed E-state index contributed by atoms with van der Waals surface area (Å²) in [6, 6.07) is 7.54. The van der Waals surface area contributed by atoms with Crippen LogP contribution in [-0.2, 0) is 9.53 Å². The molecule has 2 amide bonds. The third-order valence-electron chi connectivity index (χ3n) is 3.95. The average molecular weight is 348 g/mol. The summed E-state index contributed by atoms with van der Waals surface area (Å²) < 4.78 is 11.0. The molecule has 6 heteroatoms. The van der Waals surface area contributed by atoms with Gasteiger partial charge in [-0.15, -0.1) is 0 Å². The van der Waals surface area contributed by atoms with Crippen LogP contribution in [0.2, 0.25) is 0 Å². The molecule has 0 spiro atoms.